The van der Waals surface area contributed by atoms with E-state index in [4.69, 9.17) is 38.2 Å². The maximum absolute atomic E-state index is 12.3. The van der Waals surface area contributed by atoms with Crippen LogP contribution in [0.25, 0.3) is 11.4 Å². The highest BCUT2D eigenvalue weighted by atomic mass is 35.5. The number of aromatic nitrogens is 3. The van der Waals surface area contributed by atoms with Gasteiger partial charge in [0.25, 0.3) is 5.89 Å². The van der Waals surface area contributed by atoms with Gasteiger partial charge in [0, 0.05) is 23.0 Å². The Morgan fingerprint density at radius 3 is 2.88 bits per heavy atom. The minimum absolute atomic E-state index is 0.0661. The molecule has 0 saturated heterocycles. The molecule has 0 aliphatic rings. The zero-order valence-corrected chi connectivity index (χ0v) is 14.5. The number of benzene rings is 1. The number of anilines is 1. The Hall–Kier alpha value is -2.64. The average molecular weight is 379 g/mol. The number of carbonyl (C=O) groups excluding carboxylic acids is 1. The predicted octanol–water partition coefficient (Wildman–Crippen LogP) is 3.94. The molecule has 0 radical (unpaired) electrons. The monoisotopic (exact) mass is 378 g/mol. The zero-order chi connectivity index (χ0) is 18.0. The first-order chi connectivity index (χ1) is 12.0. The number of nitrogen functional groups attached to an aromatic ring is 1. The third kappa shape index (κ3) is 3.72. The van der Waals surface area contributed by atoms with Gasteiger partial charge in [-0.25, -0.2) is 4.79 Å². The van der Waals surface area contributed by atoms with Crippen molar-refractivity contribution < 1.29 is 14.1 Å². The minimum atomic E-state index is -0.789. The number of halogens is 2. The van der Waals surface area contributed by atoms with Crippen molar-refractivity contribution in [3.8, 4) is 11.4 Å². The van der Waals surface area contributed by atoms with Gasteiger partial charge in [0.1, 0.15) is 0 Å². The van der Waals surface area contributed by atoms with Crippen molar-refractivity contribution in [2.45, 2.75) is 13.0 Å². The van der Waals surface area contributed by atoms with Gasteiger partial charge in [0.15, 0.2) is 6.10 Å². The molecule has 0 saturated carbocycles. The summed E-state index contributed by atoms with van der Waals surface area (Å²) in [4.78, 5) is 20.5. The molecule has 2 N–H and O–H groups in total. The fourth-order valence-corrected chi connectivity index (χ4v) is 2.53. The molecular weight excluding hydrogens is 367 g/mol. The molecule has 0 spiro atoms. The third-order valence-corrected chi connectivity index (χ3v) is 3.84. The SMILES string of the molecule is CC(OC(=O)c1cc(Cl)cc(Cl)c1N)c1nc(-c2cccnc2)no1. The largest absolute Gasteiger partial charge is 0.449 e. The van der Waals surface area contributed by atoms with E-state index in [-0.39, 0.29) is 27.2 Å². The summed E-state index contributed by atoms with van der Waals surface area (Å²) in [5.74, 6) is -0.217. The summed E-state index contributed by atoms with van der Waals surface area (Å²) in [6, 6.07) is 6.36. The summed E-state index contributed by atoms with van der Waals surface area (Å²) in [5, 5.41) is 4.29. The van der Waals surface area contributed by atoms with E-state index in [1.54, 1.807) is 31.5 Å². The smallest absolute Gasteiger partial charge is 0.341 e. The Balaban J connectivity index is 1.78. The van der Waals surface area contributed by atoms with E-state index in [1.165, 1.54) is 12.1 Å². The van der Waals surface area contributed by atoms with Crippen LogP contribution in [-0.2, 0) is 4.74 Å². The van der Waals surface area contributed by atoms with Crippen LogP contribution in [0, 0.1) is 0 Å². The van der Waals surface area contributed by atoms with Crippen LogP contribution in [0.15, 0.2) is 41.2 Å². The van der Waals surface area contributed by atoms with Crippen LogP contribution in [0.1, 0.15) is 29.3 Å². The van der Waals surface area contributed by atoms with Crippen molar-refractivity contribution in [3.63, 3.8) is 0 Å². The fourth-order valence-electron chi connectivity index (χ4n) is 2.04. The van der Waals surface area contributed by atoms with Crippen molar-refractivity contribution in [2.75, 3.05) is 5.73 Å². The van der Waals surface area contributed by atoms with Gasteiger partial charge in [-0.05, 0) is 31.2 Å². The maximum Gasteiger partial charge on any atom is 0.341 e. The Bertz CT molecular complexity index is 915. The average Bonchev–Trinajstić information content (AvgIpc) is 3.09. The number of rotatable bonds is 4. The second kappa shape index (κ2) is 7.08. The number of hydrogen-bond acceptors (Lipinski definition) is 7. The van der Waals surface area contributed by atoms with Crippen LogP contribution in [-0.4, -0.2) is 21.1 Å². The first-order valence-electron chi connectivity index (χ1n) is 7.15. The summed E-state index contributed by atoms with van der Waals surface area (Å²) >= 11 is 11.8. The molecule has 3 rings (SSSR count). The second-order valence-corrected chi connectivity index (χ2v) is 5.94. The first-order valence-corrected chi connectivity index (χ1v) is 7.91. The van der Waals surface area contributed by atoms with Gasteiger partial charge in [-0.3, -0.25) is 4.98 Å². The number of pyridine rings is 1. The summed E-state index contributed by atoms with van der Waals surface area (Å²) in [7, 11) is 0. The molecule has 0 amide bonds. The lowest BCUT2D eigenvalue weighted by Gasteiger charge is -2.11. The molecule has 2 aromatic heterocycles. The first kappa shape index (κ1) is 17.2. The lowest BCUT2D eigenvalue weighted by atomic mass is 10.2. The topological polar surface area (TPSA) is 104 Å². The fraction of sp³-hybridized carbons (Fsp3) is 0.125. The van der Waals surface area contributed by atoms with Crippen LogP contribution in [0.2, 0.25) is 10.0 Å². The van der Waals surface area contributed by atoms with Crippen molar-refractivity contribution >= 4 is 34.9 Å². The van der Waals surface area contributed by atoms with E-state index in [9.17, 15) is 4.79 Å². The number of esters is 1. The van der Waals surface area contributed by atoms with Crippen molar-refractivity contribution in [2.24, 2.45) is 0 Å². The van der Waals surface area contributed by atoms with Gasteiger partial charge >= 0.3 is 5.97 Å². The van der Waals surface area contributed by atoms with Gasteiger partial charge in [0.05, 0.1) is 16.3 Å². The Kier molecular flexibility index (Phi) is 4.87. The van der Waals surface area contributed by atoms with Gasteiger partial charge in [-0.15, -0.1) is 0 Å². The molecule has 128 valence electrons. The van der Waals surface area contributed by atoms with Crippen molar-refractivity contribution in [3.05, 3.63) is 58.2 Å². The molecule has 7 nitrogen and oxygen atoms in total. The van der Waals surface area contributed by atoms with Crippen LogP contribution >= 0.6 is 23.2 Å². The lowest BCUT2D eigenvalue weighted by molar-refractivity contribution is 0.0266. The summed E-state index contributed by atoms with van der Waals surface area (Å²) < 4.78 is 10.5. The minimum Gasteiger partial charge on any atom is -0.449 e. The van der Waals surface area contributed by atoms with Crippen molar-refractivity contribution in [1.29, 1.82) is 0 Å². The molecule has 25 heavy (non-hydrogen) atoms. The molecule has 0 fully saturated rings. The molecule has 0 bridgehead atoms. The zero-order valence-electron chi connectivity index (χ0n) is 12.9. The lowest BCUT2D eigenvalue weighted by Crippen LogP contribution is -2.12. The molecule has 0 aliphatic carbocycles. The molecular formula is C16H12Cl2N4O3. The summed E-state index contributed by atoms with van der Waals surface area (Å²) in [6.07, 6.45) is 2.44. The highest BCUT2D eigenvalue weighted by Gasteiger charge is 2.22. The number of nitrogens with two attached hydrogens (primary N) is 1. The van der Waals surface area contributed by atoms with Crippen LogP contribution in [0.3, 0.4) is 0 Å². The molecule has 1 atom stereocenters. The number of ether oxygens (including phenoxy) is 1. The van der Waals surface area contributed by atoms with Crippen LogP contribution in [0.5, 0.6) is 0 Å². The third-order valence-electron chi connectivity index (χ3n) is 3.31. The normalized spacial score (nSPS) is 12.0. The van der Waals surface area contributed by atoms with Crippen LogP contribution in [0.4, 0.5) is 5.69 Å². The molecule has 9 heteroatoms. The van der Waals surface area contributed by atoms with Gasteiger partial charge < -0.3 is 15.0 Å². The van der Waals surface area contributed by atoms with E-state index in [1.807, 2.05) is 0 Å². The molecule has 3 aromatic rings. The quantitative estimate of drug-likeness (QED) is 0.541. The van der Waals surface area contributed by atoms with E-state index >= 15 is 0 Å². The van der Waals surface area contributed by atoms with Gasteiger partial charge in [-0.2, -0.15) is 4.98 Å². The highest BCUT2D eigenvalue weighted by Crippen LogP contribution is 2.29. The van der Waals surface area contributed by atoms with Crippen molar-refractivity contribution in [1.82, 2.24) is 15.1 Å². The molecule has 1 unspecified atom stereocenters. The maximum atomic E-state index is 12.3. The molecule has 2 heterocycles. The summed E-state index contributed by atoms with van der Waals surface area (Å²) in [5.41, 5.74) is 6.63. The molecule has 0 aliphatic heterocycles. The summed E-state index contributed by atoms with van der Waals surface area (Å²) in [6.45, 7) is 1.60. The number of nitrogens with zero attached hydrogens (tertiary/aromatic N) is 3. The van der Waals surface area contributed by atoms with E-state index in [0.29, 0.717) is 11.4 Å². The number of hydrogen-bond donors (Lipinski definition) is 1. The Labute approximate surface area is 152 Å². The van der Waals surface area contributed by atoms with Gasteiger partial charge in [-0.1, -0.05) is 28.4 Å². The Morgan fingerprint density at radius 2 is 2.16 bits per heavy atom. The Morgan fingerprint density at radius 1 is 1.36 bits per heavy atom. The van der Waals surface area contributed by atoms with E-state index < -0.39 is 12.1 Å². The number of carbonyl (C=O) groups is 1. The van der Waals surface area contributed by atoms with Gasteiger partial charge in [0.2, 0.25) is 5.82 Å². The molecule has 1 aromatic carbocycles. The highest BCUT2D eigenvalue weighted by molar-refractivity contribution is 6.37. The van der Waals surface area contributed by atoms with Crippen LogP contribution < -0.4 is 5.73 Å². The standard InChI is InChI=1S/C16H12Cl2N4O3/c1-8(15-21-14(22-25-15)9-3-2-4-20-7-9)24-16(23)11-5-10(17)6-12(18)13(11)19/h2-8H,19H2,1H3. The van der Waals surface area contributed by atoms with E-state index in [0.717, 1.165) is 0 Å². The predicted molar refractivity (Wildman–Crippen MR) is 92.2 cm³/mol. The second-order valence-electron chi connectivity index (χ2n) is 5.09. The van der Waals surface area contributed by atoms with E-state index in [2.05, 4.69) is 15.1 Å².